The SMILES string of the molecule is CCN(CC)c1ccc2c(-c3ccc(S(=O)(=O)NCCSSCCNS(C)(=O)=O)cc3S(=O)(=O)O)c3ccc(=[N+](CC)CC)cc-3oc2c1. The van der Waals surface area contributed by atoms with Gasteiger partial charge in [0, 0.05) is 77.6 Å². The van der Waals surface area contributed by atoms with Crippen LogP contribution in [0, 0.1) is 0 Å². The number of benzene rings is 3. The molecule has 2 aromatic rings. The van der Waals surface area contributed by atoms with Crippen molar-refractivity contribution in [2.24, 2.45) is 0 Å². The van der Waals surface area contributed by atoms with E-state index in [-0.39, 0.29) is 23.5 Å². The summed E-state index contributed by atoms with van der Waals surface area (Å²) in [7, 11) is -9.59. The quantitative estimate of drug-likeness (QED) is 0.0460. The zero-order chi connectivity index (χ0) is 36.0. The van der Waals surface area contributed by atoms with Crippen LogP contribution in [-0.2, 0) is 30.2 Å². The lowest BCUT2D eigenvalue weighted by Crippen LogP contribution is -2.29. The van der Waals surface area contributed by atoms with Crippen LogP contribution in [-0.4, -0.2) is 86.8 Å². The number of nitrogens with zero attached hydrogens (tertiary/aromatic N) is 2. The minimum Gasteiger partial charge on any atom is -0.456 e. The summed E-state index contributed by atoms with van der Waals surface area (Å²) in [5.74, 6) is 1.38. The average molecular weight is 772 g/mol. The Bertz CT molecular complexity index is 2160. The smallest absolute Gasteiger partial charge is 0.295 e. The van der Waals surface area contributed by atoms with Crippen molar-refractivity contribution in [1.29, 1.82) is 0 Å². The maximum absolute atomic E-state index is 13.2. The Morgan fingerprint density at radius 1 is 0.796 bits per heavy atom. The fourth-order valence-corrected chi connectivity index (χ4v) is 9.91. The molecular weight excluding hydrogens is 729 g/mol. The molecule has 1 heterocycles. The molecule has 12 nitrogen and oxygen atoms in total. The van der Waals surface area contributed by atoms with E-state index in [1.165, 1.54) is 33.7 Å². The molecule has 17 heteroatoms. The molecule has 1 aliphatic heterocycles. The molecule has 4 rings (SSSR count). The summed E-state index contributed by atoms with van der Waals surface area (Å²) in [4.78, 5) is 1.29. The van der Waals surface area contributed by atoms with Gasteiger partial charge in [0.2, 0.25) is 25.4 Å². The van der Waals surface area contributed by atoms with E-state index in [0.29, 0.717) is 39.4 Å². The summed E-state index contributed by atoms with van der Waals surface area (Å²) in [6, 6.07) is 15.1. The minimum absolute atomic E-state index is 0.0433. The van der Waals surface area contributed by atoms with E-state index < -0.39 is 35.1 Å². The predicted octanol–water partition coefficient (Wildman–Crippen LogP) is 4.32. The van der Waals surface area contributed by atoms with Crippen molar-refractivity contribution in [2.75, 3.05) is 61.9 Å². The maximum Gasteiger partial charge on any atom is 0.295 e. The van der Waals surface area contributed by atoms with Gasteiger partial charge in [-0.15, -0.1) is 0 Å². The first-order chi connectivity index (χ1) is 23.1. The Hall–Kier alpha value is -2.64. The highest BCUT2D eigenvalue weighted by Crippen LogP contribution is 2.43. The monoisotopic (exact) mass is 771 g/mol. The van der Waals surface area contributed by atoms with Crippen LogP contribution in [0.25, 0.3) is 33.4 Å². The van der Waals surface area contributed by atoms with Gasteiger partial charge in [-0.25, -0.2) is 30.9 Å². The Balaban J connectivity index is 1.79. The molecule has 2 aromatic carbocycles. The summed E-state index contributed by atoms with van der Waals surface area (Å²) in [6.45, 7) is 11.6. The lowest BCUT2D eigenvalue weighted by Gasteiger charge is -2.22. The second-order valence-corrected chi connectivity index (χ2v) is 18.7. The Kier molecular flexibility index (Phi) is 13.3. The average Bonchev–Trinajstić information content (AvgIpc) is 3.04. The van der Waals surface area contributed by atoms with Gasteiger partial charge in [-0.2, -0.15) is 8.42 Å². The Labute approximate surface area is 297 Å². The molecule has 0 atom stereocenters. The van der Waals surface area contributed by atoms with Crippen molar-refractivity contribution in [3.05, 3.63) is 60.0 Å². The van der Waals surface area contributed by atoms with E-state index >= 15 is 0 Å². The molecule has 0 spiro atoms. The first-order valence-corrected chi connectivity index (χ1v) is 23.1. The molecule has 0 aromatic heterocycles. The molecule has 0 radical (unpaired) electrons. The first kappa shape index (κ1) is 39.2. The second kappa shape index (κ2) is 16.6. The van der Waals surface area contributed by atoms with Gasteiger partial charge >= 0.3 is 0 Å². The number of anilines is 1. The van der Waals surface area contributed by atoms with Gasteiger partial charge in [0.05, 0.1) is 17.2 Å². The summed E-state index contributed by atoms with van der Waals surface area (Å²) < 4.78 is 98.6. The van der Waals surface area contributed by atoms with Gasteiger partial charge in [0.1, 0.15) is 29.3 Å². The Morgan fingerprint density at radius 3 is 2.02 bits per heavy atom. The van der Waals surface area contributed by atoms with Crippen LogP contribution in [0.4, 0.5) is 5.69 Å². The standard InChI is InChI=1S/C32H42N4O8S5/c1-6-35(7-2)23-10-13-26-29(20-23)44-30-21-24(36(8-3)9-4)11-14-27(30)32(26)28-15-12-25(22-31(28)49(41,42)43)48(39,40)34-17-19-46-45-18-16-33-47(5,37)38/h10-15,20-22,33-34H,6-9,16-19H2,1-5H3/p+1. The summed E-state index contributed by atoms with van der Waals surface area (Å²) >= 11 is 0. The first-order valence-electron chi connectivity index (χ1n) is 15.8. The molecule has 0 bridgehead atoms. The van der Waals surface area contributed by atoms with Gasteiger partial charge in [-0.1, -0.05) is 27.7 Å². The number of hydrogen-bond acceptors (Lipinski definition) is 10. The third-order valence-corrected chi connectivity index (χ3v) is 13.4. The summed E-state index contributed by atoms with van der Waals surface area (Å²) in [5, 5.41) is 1.52. The number of rotatable bonds is 17. The van der Waals surface area contributed by atoms with Crippen LogP contribution < -0.4 is 24.3 Å². The fraction of sp³-hybridized carbons (Fsp3) is 0.406. The van der Waals surface area contributed by atoms with Crippen LogP contribution in [0.1, 0.15) is 27.7 Å². The van der Waals surface area contributed by atoms with Crippen LogP contribution >= 0.6 is 21.6 Å². The second-order valence-electron chi connectivity index (χ2n) is 11.0. The number of sulfonamides is 2. The van der Waals surface area contributed by atoms with Crippen molar-refractivity contribution < 1.29 is 34.2 Å². The molecule has 3 N–H and O–H groups in total. The summed E-state index contributed by atoms with van der Waals surface area (Å²) in [5.41, 5.74) is 2.64. The molecule has 0 unspecified atom stereocenters. The van der Waals surface area contributed by atoms with Crippen molar-refractivity contribution >= 4 is 68.4 Å². The molecule has 0 saturated heterocycles. The van der Waals surface area contributed by atoms with Crippen LogP contribution in [0.3, 0.4) is 0 Å². The van der Waals surface area contributed by atoms with E-state index in [4.69, 9.17) is 4.42 Å². The van der Waals surface area contributed by atoms with E-state index in [1.807, 2.05) is 36.4 Å². The largest absolute Gasteiger partial charge is 0.456 e. The van der Waals surface area contributed by atoms with E-state index in [2.05, 4.69) is 46.6 Å². The zero-order valence-electron chi connectivity index (χ0n) is 28.1. The van der Waals surface area contributed by atoms with Gasteiger partial charge in [0.25, 0.3) is 10.1 Å². The number of fused-ring (bicyclic) bond motifs is 2. The minimum atomic E-state index is -4.90. The van der Waals surface area contributed by atoms with Gasteiger partial charge in [-0.3, -0.25) is 4.55 Å². The highest BCUT2D eigenvalue weighted by atomic mass is 33.1. The molecule has 0 saturated carbocycles. The molecule has 0 fully saturated rings. The van der Waals surface area contributed by atoms with E-state index in [1.54, 1.807) is 0 Å². The highest BCUT2D eigenvalue weighted by molar-refractivity contribution is 8.76. The fourth-order valence-electron chi connectivity index (χ4n) is 5.51. The molecular formula is C32H43N4O8S5+. The van der Waals surface area contributed by atoms with E-state index in [9.17, 15) is 29.8 Å². The topological polar surface area (TPSA) is 166 Å². The maximum atomic E-state index is 13.2. The van der Waals surface area contributed by atoms with Gasteiger partial charge in [0.15, 0.2) is 0 Å². The third kappa shape index (κ3) is 9.78. The molecule has 1 aliphatic carbocycles. The van der Waals surface area contributed by atoms with Crippen LogP contribution in [0.2, 0.25) is 0 Å². The molecule has 268 valence electrons. The Morgan fingerprint density at radius 2 is 1.43 bits per heavy atom. The lowest BCUT2D eigenvalue weighted by molar-refractivity contribution is 0.483. The summed E-state index contributed by atoms with van der Waals surface area (Å²) in [6.07, 6.45) is 1.07. The van der Waals surface area contributed by atoms with Gasteiger partial charge < -0.3 is 9.32 Å². The van der Waals surface area contributed by atoms with E-state index in [0.717, 1.165) is 49.5 Å². The van der Waals surface area contributed by atoms with Crippen molar-refractivity contribution in [1.82, 2.24) is 14.0 Å². The van der Waals surface area contributed by atoms with Crippen LogP contribution in [0.5, 0.6) is 0 Å². The van der Waals surface area contributed by atoms with Crippen molar-refractivity contribution in [2.45, 2.75) is 37.5 Å². The van der Waals surface area contributed by atoms with Gasteiger partial charge in [-0.05, 0) is 58.0 Å². The molecule has 2 aliphatic rings. The third-order valence-electron chi connectivity index (χ3n) is 7.87. The lowest BCUT2D eigenvalue weighted by atomic mass is 9.93. The van der Waals surface area contributed by atoms with Crippen molar-refractivity contribution in [3.8, 4) is 22.5 Å². The number of hydrogen-bond donors (Lipinski definition) is 3. The predicted molar refractivity (Wildman–Crippen MR) is 201 cm³/mol. The zero-order valence-corrected chi connectivity index (χ0v) is 32.2. The molecule has 49 heavy (non-hydrogen) atoms. The number of nitrogens with one attached hydrogen (secondary N) is 2. The van der Waals surface area contributed by atoms with Crippen LogP contribution in [0.15, 0.2) is 68.8 Å². The van der Waals surface area contributed by atoms with Crippen molar-refractivity contribution in [3.63, 3.8) is 0 Å². The normalized spacial score (nSPS) is 12.5. The molecule has 0 amide bonds. The highest BCUT2D eigenvalue weighted by Gasteiger charge is 2.27.